The Bertz CT molecular complexity index is 1120. The monoisotopic (exact) mass is 476 g/mol. The molecule has 186 valence electrons. The van der Waals surface area contributed by atoms with Gasteiger partial charge < -0.3 is 19.6 Å². The lowest BCUT2D eigenvalue weighted by Crippen LogP contribution is -2.32. The van der Waals surface area contributed by atoms with Crippen molar-refractivity contribution >= 4 is 17.4 Å². The van der Waals surface area contributed by atoms with Crippen LogP contribution >= 0.6 is 0 Å². The number of hydrogen-bond donors (Lipinski definition) is 1. The molecule has 1 unspecified atom stereocenters. The van der Waals surface area contributed by atoms with Gasteiger partial charge in [0.25, 0.3) is 11.7 Å². The molecule has 0 saturated carbocycles. The average Bonchev–Trinajstić information content (AvgIpc) is 3.07. The van der Waals surface area contributed by atoms with Crippen LogP contribution in [-0.2, 0) is 9.59 Å². The molecule has 0 radical (unpaired) electrons. The van der Waals surface area contributed by atoms with E-state index in [-0.39, 0.29) is 11.3 Å². The van der Waals surface area contributed by atoms with Crippen LogP contribution in [0, 0.1) is 6.92 Å². The summed E-state index contributed by atoms with van der Waals surface area (Å²) in [5.74, 6) is -0.392. The third-order valence-electron chi connectivity index (χ3n) is 6.28. The molecule has 1 fully saturated rings. The second-order valence-electron chi connectivity index (χ2n) is 9.55. The fourth-order valence-corrected chi connectivity index (χ4v) is 4.37. The van der Waals surface area contributed by atoms with E-state index in [4.69, 9.17) is 4.74 Å². The molecule has 0 spiro atoms. The second-order valence-corrected chi connectivity index (χ2v) is 9.55. The van der Waals surface area contributed by atoms with E-state index in [1.165, 1.54) is 5.56 Å². The number of aliphatic hydroxyl groups is 1. The third-order valence-corrected chi connectivity index (χ3v) is 6.28. The number of carbonyl (C=O) groups excluding carboxylic acids is 2. The predicted octanol–water partition coefficient (Wildman–Crippen LogP) is 5.06. The molecule has 6 nitrogen and oxygen atoms in total. The van der Waals surface area contributed by atoms with Gasteiger partial charge in [0.15, 0.2) is 0 Å². The van der Waals surface area contributed by atoms with Gasteiger partial charge in [0, 0.05) is 12.1 Å². The summed E-state index contributed by atoms with van der Waals surface area (Å²) in [6.07, 6.45) is 2.38. The first kappa shape index (κ1) is 26.2. The van der Waals surface area contributed by atoms with Crippen molar-refractivity contribution in [1.29, 1.82) is 0 Å². The molecule has 6 heteroatoms. The molecule has 1 aliphatic rings. The number of Topliss-reactive ketones (excluding diaryl/α,β-unsaturated/α-hetero) is 1. The fourth-order valence-electron chi connectivity index (χ4n) is 4.37. The van der Waals surface area contributed by atoms with Crippen molar-refractivity contribution in [2.75, 3.05) is 33.8 Å². The Balaban J connectivity index is 2.08. The molecule has 1 N–H and O–H groups in total. The van der Waals surface area contributed by atoms with Gasteiger partial charge in [-0.15, -0.1) is 0 Å². The number of aliphatic hydroxyl groups excluding tert-OH is 1. The summed E-state index contributed by atoms with van der Waals surface area (Å²) in [5.41, 5.74) is 3.36. The quantitative estimate of drug-likeness (QED) is 0.225. The fraction of sp³-hybridized carbons (Fsp3) is 0.379. The molecule has 1 saturated heterocycles. The van der Waals surface area contributed by atoms with Crippen molar-refractivity contribution in [2.24, 2.45) is 0 Å². The maximum absolute atomic E-state index is 13.3. The molecular weight excluding hydrogens is 440 g/mol. The topological polar surface area (TPSA) is 70.1 Å². The largest absolute Gasteiger partial charge is 0.507 e. The van der Waals surface area contributed by atoms with Crippen LogP contribution in [0.5, 0.6) is 5.75 Å². The van der Waals surface area contributed by atoms with Gasteiger partial charge in [-0.2, -0.15) is 0 Å². The molecule has 0 aliphatic carbocycles. The van der Waals surface area contributed by atoms with Gasteiger partial charge in [0.05, 0.1) is 11.6 Å². The molecule has 1 heterocycles. The lowest BCUT2D eigenvalue weighted by molar-refractivity contribution is -0.139. The predicted molar refractivity (Wildman–Crippen MR) is 140 cm³/mol. The van der Waals surface area contributed by atoms with Crippen LogP contribution in [0.15, 0.2) is 60.7 Å². The van der Waals surface area contributed by atoms with Crippen LogP contribution in [-0.4, -0.2) is 60.4 Å². The maximum Gasteiger partial charge on any atom is 0.295 e. The van der Waals surface area contributed by atoms with Crippen molar-refractivity contribution < 1.29 is 19.4 Å². The maximum atomic E-state index is 13.3. The minimum absolute atomic E-state index is 0.125. The Morgan fingerprint density at radius 1 is 1.17 bits per heavy atom. The summed E-state index contributed by atoms with van der Waals surface area (Å²) >= 11 is 0. The van der Waals surface area contributed by atoms with Gasteiger partial charge in [-0.3, -0.25) is 9.59 Å². The lowest BCUT2D eigenvalue weighted by Gasteiger charge is -2.26. The van der Waals surface area contributed by atoms with E-state index >= 15 is 0 Å². The number of nitrogens with zero attached hydrogens (tertiary/aromatic N) is 2. The Morgan fingerprint density at radius 2 is 1.86 bits per heavy atom. The summed E-state index contributed by atoms with van der Waals surface area (Å²) in [5, 5.41) is 11.4. The molecule has 0 bridgehead atoms. The van der Waals surface area contributed by atoms with Crippen molar-refractivity contribution in [3.05, 3.63) is 82.9 Å². The zero-order valence-electron chi connectivity index (χ0n) is 21.4. The normalized spacial score (nSPS) is 17.5. The molecule has 2 aromatic carbocycles. The summed E-state index contributed by atoms with van der Waals surface area (Å²) in [4.78, 5) is 30.0. The van der Waals surface area contributed by atoms with Gasteiger partial charge in [0.2, 0.25) is 0 Å². The standard InChI is InChI=1S/C29H36N2O4/c1-7-17-35-23-13-14-24(20(4)18-23)27(32)25-26(22-11-9-21(10-12-22)19(2)3)31(29(34)28(25)33)16-8-15-30(5)6/h7,9-14,18-19,26,32H,1,8,15-17H2,2-6H3/b27-25+. The van der Waals surface area contributed by atoms with Crippen LogP contribution in [0.3, 0.4) is 0 Å². The molecule has 1 atom stereocenters. The minimum Gasteiger partial charge on any atom is -0.507 e. The van der Waals surface area contributed by atoms with Gasteiger partial charge in [-0.25, -0.2) is 0 Å². The molecule has 35 heavy (non-hydrogen) atoms. The van der Waals surface area contributed by atoms with E-state index in [1.807, 2.05) is 50.2 Å². The van der Waals surface area contributed by atoms with Gasteiger partial charge in [-0.05, 0) is 74.8 Å². The number of carbonyl (C=O) groups is 2. The van der Waals surface area contributed by atoms with Crippen LogP contribution in [0.4, 0.5) is 0 Å². The first-order valence-electron chi connectivity index (χ1n) is 12.0. The highest BCUT2D eigenvalue weighted by molar-refractivity contribution is 6.46. The van der Waals surface area contributed by atoms with Crippen LogP contribution in [0.25, 0.3) is 5.76 Å². The first-order chi connectivity index (χ1) is 16.6. The Labute approximate surface area is 208 Å². The summed E-state index contributed by atoms with van der Waals surface area (Å²) in [6.45, 7) is 11.3. The van der Waals surface area contributed by atoms with E-state index < -0.39 is 17.7 Å². The molecular formula is C29H36N2O4. The Morgan fingerprint density at radius 3 is 2.43 bits per heavy atom. The molecule has 0 aromatic heterocycles. The number of amides is 1. The zero-order valence-corrected chi connectivity index (χ0v) is 21.4. The van der Waals surface area contributed by atoms with Gasteiger partial charge in [0.1, 0.15) is 18.1 Å². The second kappa shape index (κ2) is 11.4. The highest BCUT2D eigenvalue weighted by Crippen LogP contribution is 2.40. The van der Waals surface area contributed by atoms with Crippen molar-refractivity contribution in [3.8, 4) is 5.75 Å². The van der Waals surface area contributed by atoms with Crippen molar-refractivity contribution in [1.82, 2.24) is 9.80 Å². The average molecular weight is 477 g/mol. The SMILES string of the molecule is C=CCOc1ccc(/C(O)=C2\C(=O)C(=O)N(CCCN(C)C)C2c2ccc(C(C)C)cc2)c(C)c1. The smallest absolute Gasteiger partial charge is 0.295 e. The van der Waals surface area contributed by atoms with Crippen LogP contribution < -0.4 is 4.74 Å². The van der Waals surface area contributed by atoms with E-state index in [9.17, 15) is 14.7 Å². The van der Waals surface area contributed by atoms with E-state index in [0.29, 0.717) is 30.4 Å². The lowest BCUT2D eigenvalue weighted by atomic mass is 9.92. The van der Waals surface area contributed by atoms with Crippen molar-refractivity contribution in [2.45, 2.75) is 39.2 Å². The van der Waals surface area contributed by atoms with Gasteiger partial charge >= 0.3 is 0 Å². The third kappa shape index (κ3) is 5.82. The Kier molecular flexibility index (Phi) is 8.52. The number of benzene rings is 2. The molecule has 1 amide bonds. The number of ketones is 1. The summed E-state index contributed by atoms with van der Waals surface area (Å²) in [6, 6.07) is 12.6. The zero-order chi connectivity index (χ0) is 25.7. The summed E-state index contributed by atoms with van der Waals surface area (Å²) < 4.78 is 5.59. The molecule has 3 rings (SSSR count). The number of aryl methyl sites for hydroxylation is 1. The summed E-state index contributed by atoms with van der Waals surface area (Å²) in [7, 11) is 3.95. The number of rotatable bonds is 10. The highest BCUT2D eigenvalue weighted by atomic mass is 16.5. The van der Waals surface area contributed by atoms with E-state index in [1.54, 1.807) is 29.2 Å². The van der Waals surface area contributed by atoms with E-state index in [0.717, 1.165) is 24.1 Å². The van der Waals surface area contributed by atoms with E-state index in [2.05, 4.69) is 20.4 Å². The van der Waals surface area contributed by atoms with Crippen LogP contribution in [0.1, 0.15) is 54.5 Å². The minimum atomic E-state index is -0.656. The van der Waals surface area contributed by atoms with Crippen LogP contribution in [0.2, 0.25) is 0 Å². The number of likely N-dealkylation sites (tertiary alicyclic amines) is 1. The number of hydrogen-bond acceptors (Lipinski definition) is 5. The molecule has 2 aromatic rings. The van der Waals surface area contributed by atoms with Gasteiger partial charge in [-0.1, -0.05) is 50.8 Å². The van der Waals surface area contributed by atoms with Crippen molar-refractivity contribution in [3.63, 3.8) is 0 Å². The highest BCUT2D eigenvalue weighted by Gasteiger charge is 2.45. The Hall–Kier alpha value is -3.38. The first-order valence-corrected chi connectivity index (χ1v) is 12.0. The number of ether oxygens (including phenoxy) is 1. The molecule has 1 aliphatic heterocycles.